The van der Waals surface area contributed by atoms with Crippen molar-refractivity contribution in [3.05, 3.63) is 12.2 Å². The molecule has 0 radical (unpaired) electrons. The Kier molecular flexibility index (Phi) is 12.9. The zero-order chi connectivity index (χ0) is 24.0. The summed E-state index contributed by atoms with van der Waals surface area (Å²) in [5.74, 6) is -1.13. The van der Waals surface area contributed by atoms with Crippen molar-refractivity contribution in [3.8, 4) is 0 Å². The molecule has 2 atom stereocenters. The van der Waals surface area contributed by atoms with Crippen LogP contribution in [0.25, 0.3) is 0 Å². The maximum atomic E-state index is 10.0. The van der Waals surface area contributed by atoms with E-state index in [4.69, 9.17) is 18.9 Å². The first-order valence-electron chi connectivity index (χ1n) is 13.4. The third-order valence-electron chi connectivity index (χ3n) is 7.06. The Labute approximate surface area is 202 Å². The molecule has 2 aliphatic heterocycles. The number of aliphatic hydroxyl groups is 2. The van der Waals surface area contributed by atoms with Crippen molar-refractivity contribution in [2.75, 3.05) is 33.0 Å². The minimum absolute atomic E-state index is 0.0192. The van der Waals surface area contributed by atoms with E-state index in [1.54, 1.807) is 0 Å². The van der Waals surface area contributed by atoms with Crippen LogP contribution in [0.4, 0.5) is 0 Å². The molecule has 2 fully saturated rings. The Morgan fingerprint density at radius 3 is 2.06 bits per heavy atom. The normalized spacial score (nSPS) is 26.9. The third-order valence-corrected chi connectivity index (χ3v) is 7.06. The lowest BCUT2D eigenvalue weighted by Gasteiger charge is -2.48. The average Bonchev–Trinajstić information content (AvgIpc) is 3.25. The summed E-state index contributed by atoms with van der Waals surface area (Å²) in [7, 11) is 0. The summed E-state index contributed by atoms with van der Waals surface area (Å²) in [6, 6.07) is 0. The molecule has 0 spiro atoms. The molecule has 0 amide bonds. The monoisotopic (exact) mass is 470 g/mol. The highest BCUT2D eigenvalue weighted by Crippen LogP contribution is 2.38. The molecule has 2 heterocycles. The quantitative estimate of drug-likeness (QED) is 0.216. The van der Waals surface area contributed by atoms with Crippen molar-refractivity contribution < 1.29 is 29.2 Å². The molecule has 0 bridgehead atoms. The van der Waals surface area contributed by atoms with E-state index in [0.717, 1.165) is 45.3 Å². The summed E-state index contributed by atoms with van der Waals surface area (Å²) in [6.07, 6.45) is 18.7. The highest BCUT2D eigenvalue weighted by Gasteiger charge is 2.47. The second-order valence-corrected chi connectivity index (χ2v) is 10.3. The molecule has 33 heavy (non-hydrogen) atoms. The fourth-order valence-corrected chi connectivity index (χ4v) is 5.10. The minimum Gasteiger partial charge on any atom is -0.396 e. The van der Waals surface area contributed by atoms with Crippen molar-refractivity contribution >= 4 is 0 Å². The zero-order valence-electron chi connectivity index (χ0n) is 21.5. The highest BCUT2D eigenvalue weighted by molar-refractivity contribution is 5.03. The van der Waals surface area contributed by atoms with Gasteiger partial charge in [-0.05, 0) is 39.5 Å². The number of aliphatic hydroxyl groups excluding tert-OH is 2. The molecular weight excluding hydrogens is 420 g/mol. The molecule has 0 aromatic heterocycles. The van der Waals surface area contributed by atoms with E-state index in [9.17, 15) is 10.2 Å². The number of rotatable bonds is 17. The van der Waals surface area contributed by atoms with Crippen LogP contribution in [0.15, 0.2) is 12.2 Å². The van der Waals surface area contributed by atoms with Crippen LogP contribution in [0, 0.1) is 5.92 Å². The third kappa shape index (κ3) is 9.58. The standard InChI is InChI=1S/C27H50O6/c1-4-5-6-10-13-16-27(30-20-21-31-27)17-14-11-8-7-9-12-15-24-22-32-25(2,3)33-26(24,23-29)18-19-28/h12,15,24,28-29H,4-11,13-14,16-23H2,1-3H3/t24-,26?/m1/s1. The summed E-state index contributed by atoms with van der Waals surface area (Å²) >= 11 is 0. The van der Waals surface area contributed by atoms with Crippen LogP contribution in [0.2, 0.25) is 0 Å². The number of allylic oxidation sites excluding steroid dienone is 1. The van der Waals surface area contributed by atoms with Gasteiger partial charge in [0.25, 0.3) is 0 Å². The lowest BCUT2D eigenvalue weighted by Crippen LogP contribution is -2.57. The van der Waals surface area contributed by atoms with Gasteiger partial charge in [-0.1, -0.05) is 57.6 Å². The predicted octanol–water partition coefficient (Wildman–Crippen LogP) is 5.50. The fourth-order valence-electron chi connectivity index (χ4n) is 5.10. The smallest absolute Gasteiger partial charge is 0.168 e. The Balaban J connectivity index is 1.66. The van der Waals surface area contributed by atoms with Gasteiger partial charge in [0.1, 0.15) is 5.60 Å². The van der Waals surface area contributed by atoms with Gasteiger partial charge in [0, 0.05) is 31.8 Å². The Bertz CT molecular complexity index is 543. The first-order valence-corrected chi connectivity index (χ1v) is 13.4. The maximum Gasteiger partial charge on any atom is 0.168 e. The molecule has 0 aromatic rings. The van der Waals surface area contributed by atoms with Crippen LogP contribution in [0.1, 0.15) is 104 Å². The second-order valence-electron chi connectivity index (χ2n) is 10.3. The van der Waals surface area contributed by atoms with E-state index in [0.29, 0.717) is 13.0 Å². The SMILES string of the molecule is CCCCCCCC1(CCCCCCC=C[C@@H]2COC(C)(C)OC2(CO)CCO)OCCO1. The number of hydrogen-bond donors (Lipinski definition) is 2. The molecular formula is C27H50O6. The van der Waals surface area contributed by atoms with Gasteiger partial charge in [-0.2, -0.15) is 0 Å². The Hall–Kier alpha value is -0.500. The van der Waals surface area contributed by atoms with Gasteiger partial charge < -0.3 is 29.2 Å². The molecule has 2 saturated heterocycles. The molecule has 0 aromatic carbocycles. The number of unbranched alkanes of at least 4 members (excludes halogenated alkanes) is 8. The van der Waals surface area contributed by atoms with Crippen LogP contribution < -0.4 is 0 Å². The van der Waals surface area contributed by atoms with E-state index < -0.39 is 11.4 Å². The molecule has 2 aliphatic rings. The first-order chi connectivity index (χ1) is 15.9. The van der Waals surface area contributed by atoms with Gasteiger partial charge in [-0.3, -0.25) is 0 Å². The summed E-state index contributed by atoms with van der Waals surface area (Å²) in [5, 5.41) is 19.5. The van der Waals surface area contributed by atoms with E-state index in [1.165, 1.54) is 44.9 Å². The molecule has 0 saturated carbocycles. The minimum atomic E-state index is -0.779. The molecule has 6 heteroatoms. The summed E-state index contributed by atoms with van der Waals surface area (Å²) in [6.45, 7) is 7.77. The van der Waals surface area contributed by atoms with Gasteiger partial charge in [0.05, 0.1) is 26.4 Å². The van der Waals surface area contributed by atoms with Gasteiger partial charge in [0.2, 0.25) is 0 Å². The van der Waals surface area contributed by atoms with E-state index in [1.807, 2.05) is 13.8 Å². The second kappa shape index (κ2) is 14.8. The fraction of sp³-hybridized carbons (Fsp3) is 0.926. The Morgan fingerprint density at radius 2 is 1.45 bits per heavy atom. The van der Waals surface area contributed by atoms with Crippen molar-refractivity contribution in [2.24, 2.45) is 5.92 Å². The van der Waals surface area contributed by atoms with Crippen LogP contribution >= 0.6 is 0 Å². The lowest BCUT2D eigenvalue weighted by atomic mass is 9.83. The summed E-state index contributed by atoms with van der Waals surface area (Å²) in [4.78, 5) is 0. The van der Waals surface area contributed by atoms with Gasteiger partial charge in [-0.15, -0.1) is 0 Å². The maximum absolute atomic E-state index is 10.0. The molecule has 0 aliphatic carbocycles. The first kappa shape index (κ1) is 28.7. The number of ether oxygens (including phenoxy) is 4. The molecule has 194 valence electrons. The van der Waals surface area contributed by atoms with Gasteiger partial charge in [-0.25, -0.2) is 0 Å². The van der Waals surface area contributed by atoms with E-state index in [2.05, 4.69) is 19.1 Å². The lowest BCUT2D eigenvalue weighted by molar-refractivity contribution is -0.334. The molecule has 2 rings (SSSR count). The van der Waals surface area contributed by atoms with Crippen LogP contribution in [0.3, 0.4) is 0 Å². The Morgan fingerprint density at radius 1 is 0.818 bits per heavy atom. The predicted molar refractivity (Wildman–Crippen MR) is 131 cm³/mol. The van der Waals surface area contributed by atoms with Crippen molar-refractivity contribution in [1.29, 1.82) is 0 Å². The van der Waals surface area contributed by atoms with Crippen molar-refractivity contribution in [3.63, 3.8) is 0 Å². The van der Waals surface area contributed by atoms with Crippen LogP contribution in [-0.2, 0) is 18.9 Å². The van der Waals surface area contributed by atoms with Crippen molar-refractivity contribution in [2.45, 2.75) is 121 Å². The van der Waals surface area contributed by atoms with E-state index >= 15 is 0 Å². The van der Waals surface area contributed by atoms with E-state index in [-0.39, 0.29) is 24.9 Å². The molecule has 1 unspecified atom stereocenters. The zero-order valence-corrected chi connectivity index (χ0v) is 21.5. The highest BCUT2D eigenvalue weighted by atomic mass is 16.7. The number of hydrogen-bond acceptors (Lipinski definition) is 6. The van der Waals surface area contributed by atoms with Gasteiger partial charge >= 0.3 is 0 Å². The molecule has 6 nitrogen and oxygen atoms in total. The summed E-state index contributed by atoms with van der Waals surface area (Å²) in [5.41, 5.74) is -0.779. The topological polar surface area (TPSA) is 77.4 Å². The molecule has 2 N–H and O–H groups in total. The van der Waals surface area contributed by atoms with Crippen LogP contribution in [0.5, 0.6) is 0 Å². The summed E-state index contributed by atoms with van der Waals surface area (Å²) < 4.78 is 23.9. The van der Waals surface area contributed by atoms with Crippen LogP contribution in [-0.4, -0.2) is 60.4 Å². The van der Waals surface area contributed by atoms with Crippen molar-refractivity contribution in [1.82, 2.24) is 0 Å². The van der Waals surface area contributed by atoms with Gasteiger partial charge in [0.15, 0.2) is 11.6 Å². The largest absolute Gasteiger partial charge is 0.396 e. The average molecular weight is 471 g/mol.